The number of aliphatic carboxylic acids is 1. The molecule has 0 heterocycles. The summed E-state index contributed by atoms with van der Waals surface area (Å²) in [4.78, 5) is 21.8. The zero-order valence-corrected chi connectivity index (χ0v) is 7.70. The number of hydrogen-bond acceptors (Lipinski definition) is 2. The van der Waals surface area contributed by atoms with Gasteiger partial charge in [-0.3, -0.25) is 4.79 Å². The van der Waals surface area contributed by atoms with E-state index in [1.807, 2.05) is 6.92 Å². The Morgan fingerprint density at radius 2 is 2.08 bits per heavy atom. The molecule has 2 atom stereocenters. The first-order valence-electron chi connectivity index (χ1n) is 4.26. The van der Waals surface area contributed by atoms with Crippen molar-refractivity contribution >= 4 is 11.9 Å². The maximum absolute atomic E-state index is 11.3. The van der Waals surface area contributed by atoms with E-state index in [4.69, 9.17) is 5.11 Å². The second kappa shape index (κ2) is 3.60. The fourth-order valence-corrected chi connectivity index (χ4v) is 1.16. The maximum Gasteiger partial charge on any atom is 0.352 e. The number of amides is 1. The van der Waals surface area contributed by atoms with E-state index in [0.29, 0.717) is 5.92 Å². The lowest BCUT2D eigenvalue weighted by atomic mass is 10.3. The Bertz CT molecular complexity index is 270. The minimum absolute atomic E-state index is 0.00861. The van der Waals surface area contributed by atoms with E-state index in [1.165, 1.54) is 6.08 Å². The van der Waals surface area contributed by atoms with Crippen molar-refractivity contribution in [3.8, 4) is 0 Å². The molecule has 0 aromatic carbocycles. The summed E-state index contributed by atoms with van der Waals surface area (Å²) in [6, 6.07) is 0. The van der Waals surface area contributed by atoms with E-state index in [2.05, 4.69) is 5.32 Å². The molecule has 4 heteroatoms. The molecule has 2 N–H and O–H groups in total. The van der Waals surface area contributed by atoms with Crippen LogP contribution in [0.2, 0.25) is 0 Å². The van der Waals surface area contributed by atoms with Gasteiger partial charge in [-0.2, -0.15) is 0 Å². The molecule has 72 valence electrons. The van der Waals surface area contributed by atoms with Crippen LogP contribution >= 0.6 is 0 Å². The van der Waals surface area contributed by atoms with Gasteiger partial charge in [0.2, 0.25) is 5.91 Å². The third-order valence-electron chi connectivity index (χ3n) is 2.22. The van der Waals surface area contributed by atoms with Crippen LogP contribution in [0.3, 0.4) is 0 Å². The van der Waals surface area contributed by atoms with Gasteiger partial charge >= 0.3 is 5.97 Å². The first-order valence-corrected chi connectivity index (χ1v) is 4.26. The van der Waals surface area contributed by atoms with Crippen LogP contribution in [0.5, 0.6) is 0 Å². The summed E-state index contributed by atoms with van der Waals surface area (Å²) in [6.07, 6.45) is 2.25. The quantitative estimate of drug-likeness (QED) is 0.634. The highest BCUT2D eigenvalue weighted by Gasteiger charge is 2.39. The highest BCUT2D eigenvalue weighted by Crippen LogP contribution is 2.37. The second-order valence-electron chi connectivity index (χ2n) is 3.32. The summed E-state index contributed by atoms with van der Waals surface area (Å²) >= 11 is 0. The number of allylic oxidation sites excluding steroid dienone is 1. The SMILES string of the molecule is C/C=C(\NC(=O)[C@@H]1C[C@@H]1C)C(=O)O. The Kier molecular flexibility index (Phi) is 2.70. The average Bonchev–Trinajstić information content (AvgIpc) is 2.77. The Balaban J connectivity index is 2.48. The van der Waals surface area contributed by atoms with Crippen LogP contribution in [0, 0.1) is 11.8 Å². The molecule has 0 saturated heterocycles. The van der Waals surface area contributed by atoms with Gasteiger partial charge < -0.3 is 10.4 Å². The molecule has 13 heavy (non-hydrogen) atoms. The van der Waals surface area contributed by atoms with Gasteiger partial charge in [0, 0.05) is 5.92 Å². The number of hydrogen-bond donors (Lipinski definition) is 2. The molecule has 0 spiro atoms. The average molecular weight is 183 g/mol. The molecule has 1 aliphatic rings. The molecule has 1 rings (SSSR count). The highest BCUT2D eigenvalue weighted by molar-refractivity contribution is 5.94. The third kappa shape index (κ3) is 2.31. The van der Waals surface area contributed by atoms with E-state index in [1.54, 1.807) is 6.92 Å². The zero-order chi connectivity index (χ0) is 10.0. The standard InChI is InChI=1S/C9H13NO3/c1-3-7(9(12)13)10-8(11)6-4-5(6)2/h3,5-6H,4H2,1-2H3,(H,10,11)(H,12,13)/b7-3-/t5-,6+/m0/s1. The van der Waals surface area contributed by atoms with Crippen molar-refractivity contribution in [2.75, 3.05) is 0 Å². The number of carboxylic acid groups (broad SMARTS) is 1. The highest BCUT2D eigenvalue weighted by atomic mass is 16.4. The summed E-state index contributed by atoms with van der Waals surface area (Å²) in [7, 11) is 0. The molecule has 0 unspecified atom stereocenters. The molecule has 0 aliphatic heterocycles. The normalized spacial score (nSPS) is 26.8. The molecule has 0 radical (unpaired) electrons. The lowest BCUT2D eigenvalue weighted by Gasteiger charge is -2.03. The van der Waals surface area contributed by atoms with Crippen LogP contribution in [0.15, 0.2) is 11.8 Å². The van der Waals surface area contributed by atoms with Crippen molar-refractivity contribution in [2.24, 2.45) is 11.8 Å². The lowest BCUT2D eigenvalue weighted by molar-refractivity contribution is -0.134. The van der Waals surface area contributed by atoms with Gasteiger partial charge in [-0.05, 0) is 19.3 Å². The van der Waals surface area contributed by atoms with Crippen molar-refractivity contribution in [3.05, 3.63) is 11.8 Å². The third-order valence-corrected chi connectivity index (χ3v) is 2.22. The summed E-state index contributed by atoms with van der Waals surface area (Å²) in [5.41, 5.74) is -0.0379. The largest absolute Gasteiger partial charge is 0.477 e. The van der Waals surface area contributed by atoms with E-state index in [9.17, 15) is 9.59 Å². The van der Waals surface area contributed by atoms with Crippen LogP contribution in [0.4, 0.5) is 0 Å². The predicted octanol–water partition coefficient (Wildman–Crippen LogP) is 0.747. The van der Waals surface area contributed by atoms with Gasteiger partial charge in [0.15, 0.2) is 0 Å². The first-order chi connectivity index (χ1) is 6.06. The fraction of sp³-hybridized carbons (Fsp3) is 0.556. The van der Waals surface area contributed by atoms with Crippen molar-refractivity contribution in [1.29, 1.82) is 0 Å². The predicted molar refractivity (Wildman–Crippen MR) is 46.8 cm³/mol. The summed E-state index contributed by atoms with van der Waals surface area (Å²) < 4.78 is 0. The molecule has 1 aliphatic carbocycles. The van der Waals surface area contributed by atoms with Crippen LogP contribution in [0.1, 0.15) is 20.3 Å². The van der Waals surface area contributed by atoms with E-state index in [-0.39, 0.29) is 17.5 Å². The first kappa shape index (κ1) is 9.77. The summed E-state index contributed by atoms with van der Waals surface area (Å²) in [6.45, 7) is 3.56. The molecular formula is C9H13NO3. The van der Waals surface area contributed by atoms with Gasteiger partial charge in [-0.1, -0.05) is 13.0 Å². The number of carbonyl (C=O) groups excluding carboxylic acids is 1. The van der Waals surface area contributed by atoms with E-state index in [0.717, 1.165) is 6.42 Å². The van der Waals surface area contributed by atoms with Crippen molar-refractivity contribution in [2.45, 2.75) is 20.3 Å². The van der Waals surface area contributed by atoms with Gasteiger partial charge in [0.25, 0.3) is 0 Å². The van der Waals surface area contributed by atoms with Gasteiger partial charge in [-0.15, -0.1) is 0 Å². The zero-order valence-electron chi connectivity index (χ0n) is 7.70. The second-order valence-corrected chi connectivity index (χ2v) is 3.32. The van der Waals surface area contributed by atoms with Gasteiger partial charge in [0.1, 0.15) is 5.70 Å². The van der Waals surface area contributed by atoms with Crippen LogP contribution < -0.4 is 5.32 Å². The molecule has 1 amide bonds. The van der Waals surface area contributed by atoms with Crippen molar-refractivity contribution in [3.63, 3.8) is 0 Å². The van der Waals surface area contributed by atoms with Gasteiger partial charge in [0.05, 0.1) is 0 Å². The van der Waals surface area contributed by atoms with Crippen molar-refractivity contribution in [1.82, 2.24) is 5.32 Å². The Morgan fingerprint density at radius 3 is 2.38 bits per heavy atom. The molecule has 1 fully saturated rings. The Hall–Kier alpha value is -1.32. The number of rotatable bonds is 3. The minimum Gasteiger partial charge on any atom is -0.477 e. The number of nitrogens with one attached hydrogen (secondary N) is 1. The van der Waals surface area contributed by atoms with Crippen molar-refractivity contribution < 1.29 is 14.7 Å². The molecule has 0 bridgehead atoms. The Labute approximate surface area is 76.6 Å². The molecule has 0 aromatic heterocycles. The van der Waals surface area contributed by atoms with Crippen LogP contribution in [-0.4, -0.2) is 17.0 Å². The molecular weight excluding hydrogens is 170 g/mol. The Morgan fingerprint density at radius 1 is 1.54 bits per heavy atom. The fourth-order valence-electron chi connectivity index (χ4n) is 1.16. The topological polar surface area (TPSA) is 66.4 Å². The number of carboxylic acids is 1. The minimum atomic E-state index is -1.09. The smallest absolute Gasteiger partial charge is 0.352 e. The van der Waals surface area contributed by atoms with Crippen LogP contribution in [-0.2, 0) is 9.59 Å². The lowest BCUT2D eigenvalue weighted by Crippen LogP contribution is -2.28. The maximum atomic E-state index is 11.3. The summed E-state index contributed by atoms with van der Waals surface area (Å²) in [5.74, 6) is -0.867. The van der Waals surface area contributed by atoms with E-state index < -0.39 is 5.97 Å². The monoisotopic (exact) mass is 183 g/mol. The summed E-state index contributed by atoms with van der Waals surface area (Å²) in [5, 5.41) is 11.0. The van der Waals surface area contributed by atoms with E-state index >= 15 is 0 Å². The molecule has 4 nitrogen and oxygen atoms in total. The molecule has 0 aromatic rings. The molecule has 1 saturated carbocycles. The van der Waals surface area contributed by atoms with Gasteiger partial charge in [-0.25, -0.2) is 4.79 Å². The van der Waals surface area contributed by atoms with Crippen LogP contribution in [0.25, 0.3) is 0 Å². The number of carbonyl (C=O) groups is 2.